The Bertz CT molecular complexity index is 897. The molecule has 146 valence electrons. The van der Waals surface area contributed by atoms with Crippen LogP contribution in [-0.2, 0) is 16.1 Å². The van der Waals surface area contributed by atoms with Crippen molar-refractivity contribution >= 4 is 29.1 Å². The number of rotatable bonds is 6. The molecule has 1 saturated heterocycles. The Morgan fingerprint density at radius 1 is 1.07 bits per heavy atom. The first-order valence-corrected chi connectivity index (χ1v) is 9.23. The molecule has 0 aromatic heterocycles. The number of amides is 3. The van der Waals surface area contributed by atoms with E-state index < -0.39 is 0 Å². The Hall–Kier alpha value is -3.19. The van der Waals surface area contributed by atoms with Gasteiger partial charge in [0, 0.05) is 30.4 Å². The number of primary amides is 1. The van der Waals surface area contributed by atoms with Crippen molar-refractivity contribution in [1.82, 2.24) is 4.90 Å². The van der Waals surface area contributed by atoms with Gasteiger partial charge in [-0.05, 0) is 55.3 Å². The van der Waals surface area contributed by atoms with E-state index in [1.165, 1.54) is 6.92 Å². The summed E-state index contributed by atoms with van der Waals surface area (Å²) in [5.74, 6) is -0.747. The first-order chi connectivity index (χ1) is 13.4. The normalized spacial score (nSPS) is 16.5. The van der Waals surface area contributed by atoms with Gasteiger partial charge < -0.3 is 16.4 Å². The summed E-state index contributed by atoms with van der Waals surface area (Å²) in [6.45, 7) is 2.86. The molecule has 1 unspecified atom stereocenters. The second-order valence-corrected chi connectivity index (χ2v) is 6.95. The summed E-state index contributed by atoms with van der Waals surface area (Å²) in [5, 5.41) is 5.54. The summed E-state index contributed by atoms with van der Waals surface area (Å²) < 4.78 is 0. The number of anilines is 2. The zero-order valence-corrected chi connectivity index (χ0v) is 15.8. The quantitative estimate of drug-likeness (QED) is 0.715. The standard InChI is InChI=1S/C21H24N4O3/c1-14(26)23-18-8-3-6-16(12-18)21(28)24-17-7-2-5-15(11-17)13-25-10-4-9-19(25)20(22)27/h2-3,5-8,11-12,19H,4,9-10,13H2,1H3,(H2,22,27)(H,23,26)(H,24,28). The molecule has 4 N–H and O–H groups in total. The van der Waals surface area contributed by atoms with Gasteiger partial charge in [0.05, 0.1) is 6.04 Å². The molecule has 0 saturated carbocycles. The van der Waals surface area contributed by atoms with Crippen molar-refractivity contribution in [3.63, 3.8) is 0 Å². The van der Waals surface area contributed by atoms with E-state index in [-0.39, 0.29) is 23.8 Å². The van der Waals surface area contributed by atoms with Gasteiger partial charge in [-0.2, -0.15) is 0 Å². The number of hydrogen-bond acceptors (Lipinski definition) is 4. The Labute approximate surface area is 163 Å². The van der Waals surface area contributed by atoms with Crippen molar-refractivity contribution in [2.75, 3.05) is 17.2 Å². The van der Waals surface area contributed by atoms with E-state index >= 15 is 0 Å². The molecule has 2 aromatic rings. The second-order valence-electron chi connectivity index (χ2n) is 6.95. The third kappa shape index (κ3) is 4.95. The van der Waals surface area contributed by atoms with Crippen LogP contribution in [0.2, 0.25) is 0 Å². The summed E-state index contributed by atoms with van der Waals surface area (Å²) in [5.41, 5.74) is 8.17. The van der Waals surface area contributed by atoms with Crippen molar-refractivity contribution in [3.8, 4) is 0 Å². The average Bonchev–Trinajstić information content (AvgIpc) is 3.10. The number of carbonyl (C=O) groups excluding carboxylic acids is 3. The van der Waals surface area contributed by atoms with Crippen LogP contribution < -0.4 is 16.4 Å². The molecule has 0 radical (unpaired) electrons. The third-order valence-electron chi connectivity index (χ3n) is 4.71. The second kappa shape index (κ2) is 8.67. The molecule has 1 aliphatic heterocycles. The van der Waals surface area contributed by atoms with E-state index in [4.69, 9.17) is 5.73 Å². The molecular formula is C21H24N4O3. The largest absolute Gasteiger partial charge is 0.368 e. The lowest BCUT2D eigenvalue weighted by Gasteiger charge is -2.22. The smallest absolute Gasteiger partial charge is 0.255 e. The minimum atomic E-state index is -0.291. The maximum atomic E-state index is 12.6. The maximum absolute atomic E-state index is 12.6. The van der Waals surface area contributed by atoms with Crippen LogP contribution in [0.3, 0.4) is 0 Å². The van der Waals surface area contributed by atoms with E-state index in [2.05, 4.69) is 15.5 Å². The van der Waals surface area contributed by atoms with Crippen LogP contribution in [-0.4, -0.2) is 35.2 Å². The Morgan fingerprint density at radius 3 is 2.50 bits per heavy atom. The predicted octanol–water partition coefficient (Wildman–Crippen LogP) is 2.35. The number of nitrogens with two attached hydrogens (primary N) is 1. The minimum Gasteiger partial charge on any atom is -0.368 e. The monoisotopic (exact) mass is 380 g/mol. The number of likely N-dealkylation sites (tertiary alicyclic amines) is 1. The van der Waals surface area contributed by atoms with Crippen molar-refractivity contribution in [2.45, 2.75) is 32.4 Å². The molecule has 3 rings (SSSR count). The van der Waals surface area contributed by atoms with Crippen molar-refractivity contribution < 1.29 is 14.4 Å². The van der Waals surface area contributed by atoms with Gasteiger partial charge in [0.25, 0.3) is 5.91 Å². The summed E-state index contributed by atoms with van der Waals surface area (Å²) >= 11 is 0. The summed E-state index contributed by atoms with van der Waals surface area (Å²) in [4.78, 5) is 37.4. The van der Waals surface area contributed by atoms with Gasteiger partial charge in [-0.25, -0.2) is 0 Å². The molecule has 1 heterocycles. The Morgan fingerprint density at radius 2 is 1.79 bits per heavy atom. The molecule has 1 atom stereocenters. The fraction of sp³-hybridized carbons (Fsp3) is 0.286. The molecule has 0 spiro atoms. The van der Waals surface area contributed by atoms with Crippen LogP contribution in [0.1, 0.15) is 35.7 Å². The van der Waals surface area contributed by atoms with E-state index in [1.54, 1.807) is 24.3 Å². The van der Waals surface area contributed by atoms with Gasteiger partial charge in [-0.15, -0.1) is 0 Å². The molecular weight excluding hydrogens is 356 g/mol. The molecule has 28 heavy (non-hydrogen) atoms. The highest BCUT2D eigenvalue weighted by Gasteiger charge is 2.28. The van der Waals surface area contributed by atoms with Crippen molar-refractivity contribution in [1.29, 1.82) is 0 Å². The third-order valence-corrected chi connectivity index (χ3v) is 4.71. The fourth-order valence-electron chi connectivity index (χ4n) is 3.46. The van der Waals surface area contributed by atoms with Crippen LogP contribution in [0.25, 0.3) is 0 Å². The molecule has 1 aliphatic rings. The molecule has 3 amide bonds. The molecule has 2 aromatic carbocycles. The van der Waals surface area contributed by atoms with E-state index in [0.717, 1.165) is 24.9 Å². The summed E-state index contributed by atoms with van der Waals surface area (Å²) in [7, 11) is 0. The number of benzene rings is 2. The highest BCUT2D eigenvalue weighted by Crippen LogP contribution is 2.21. The van der Waals surface area contributed by atoms with Crippen LogP contribution in [0.4, 0.5) is 11.4 Å². The predicted molar refractivity (Wildman–Crippen MR) is 108 cm³/mol. The van der Waals surface area contributed by atoms with Gasteiger partial charge in [-0.3, -0.25) is 19.3 Å². The first-order valence-electron chi connectivity index (χ1n) is 9.23. The van der Waals surface area contributed by atoms with Gasteiger partial charge >= 0.3 is 0 Å². The lowest BCUT2D eigenvalue weighted by Crippen LogP contribution is -2.39. The van der Waals surface area contributed by atoms with E-state index in [1.807, 2.05) is 24.3 Å². The molecule has 7 heteroatoms. The molecule has 7 nitrogen and oxygen atoms in total. The summed E-state index contributed by atoms with van der Waals surface area (Å²) in [6, 6.07) is 14.1. The average molecular weight is 380 g/mol. The molecule has 1 fully saturated rings. The number of hydrogen-bond donors (Lipinski definition) is 3. The number of carbonyl (C=O) groups is 3. The van der Waals surface area contributed by atoms with E-state index in [9.17, 15) is 14.4 Å². The number of nitrogens with one attached hydrogen (secondary N) is 2. The highest BCUT2D eigenvalue weighted by molar-refractivity contribution is 6.05. The zero-order valence-electron chi connectivity index (χ0n) is 15.8. The molecule has 0 aliphatic carbocycles. The number of nitrogens with zero attached hydrogens (tertiary/aromatic N) is 1. The minimum absolute atomic E-state index is 0.193. The maximum Gasteiger partial charge on any atom is 0.255 e. The van der Waals surface area contributed by atoms with Crippen molar-refractivity contribution in [3.05, 3.63) is 59.7 Å². The SMILES string of the molecule is CC(=O)Nc1cccc(C(=O)Nc2cccc(CN3CCCC3C(N)=O)c2)c1. The summed E-state index contributed by atoms with van der Waals surface area (Å²) in [6.07, 6.45) is 1.74. The first kappa shape index (κ1) is 19.6. The fourth-order valence-corrected chi connectivity index (χ4v) is 3.46. The van der Waals surface area contributed by atoms with Crippen LogP contribution in [0.15, 0.2) is 48.5 Å². The van der Waals surface area contributed by atoms with Crippen LogP contribution in [0.5, 0.6) is 0 Å². The Balaban J connectivity index is 1.68. The van der Waals surface area contributed by atoms with Gasteiger partial charge in [-0.1, -0.05) is 18.2 Å². The lowest BCUT2D eigenvalue weighted by atomic mass is 10.1. The molecule has 0 bridgehead atoms. The van der Waals surface area contributed by atoms with Gasteiger partial charge in [0.15, 0.2) is 0 Å². The Kier molecular flexibility index (Phi) is 6.06. The zero-order chi connectivity index (χ0) is 20.1. The highest BCUT2D eigenvalue weighted by atomic mass is 16.2. The topological polar surface area (TPSA) is 105 Å². The van der Waals surface area contributed by atoms with Crippen molar-refractivity contribution in [2.24, 2.45) is 5.73 Å². The van der Waals surface area contributed by atoms with Gasteiger partial charge in [0.2, 0.25) is 11.8 Å². The lowest BCUT2D eigenvalue weighted by molar-refractivity contribution is -0.122. The van der Waals surface area contributed by atoms with Crippen LogP contribution in [0, 0.1) is 0 Å². The van der Waals surface area contributed by atoms with Crippen LogP contribution >= 0.6 is 0 Å². The van der Waals surface area contributed by atoms with Gasteiger partial charge in [0.1, 0.15) is 0 Å². The van der Waals surface area contributed by atoms with E-state index in [0.29, 0.717) is 23.5 Å².